The Morgan fingerprint density at radius 3 is 2.60 bits per heavy atom. The number of amides is 1. The molecule has 2 nitrogen and oxygen atoms in total. The molecule has 1 fully saturated rings. The summed E-state index contributed by atoms with van der Waals surface area (Å²) in [5.74, 6) is 0.859. The van der Waals surface area contributed by atoms with Gasteiger partial charge in [0.2, 0.25) is 5.91 Å². The SMILES string of the molecule is CCC1C(=O)N(C)CC1c1ccccc1. The minimum atomic E-state index is 0.178. The second-order valence-electron chi connectivity index (χ2n) is 4.25. The summed E-state index contributed by atoms with van der Waals surface area (Å²) in [6, 6.07) is 10.4. The Labute approximate surface area is 90.9 Å². The van der Waals surface area contributed by atoms with Crippen LogP contribution >= 0.6 is 0 Å². The lowest BCUT2D eigenvalue weighted by Crippen LogP contribution is -2.22. The summed E-state index contributed by atoms with van der Waals surface area (Å²) >= 11 is 0. The van der Waals surface area contributed by atoms with Crippen LogP contribution in [0.2, 0.25) is 0 Å². The Bertz CT molecular complexity index is 347. The van der Waals surface area contributed by atoms with Gasteiger partial charge in [0.1, 0.15) is 0 Å². The Morgan fingerprint density at radius 1 is 1.33 bits per heavy atom. The van der Waals surface area contributed by atoms with Crippen LogP contribution < -0.4 is 0 Å². The van der Waals surface area contributed by atoms with Gasteiger partial charge in [0.05, 0.1) is 0 Å². The highest BCUT2D eigenvalue weighted by molar-refractivity contribution is 5.82. The van der Waals surface area contributed by atoms with Gasteiger partial charge in [0, 0.05) is 25.4 Å². The fourth-order valence-electron chi connectivity index (χ4n) is 2.46. The normalized spacial score (nSPS) is 26.0. The van der Waals surface area contributed by atoms with Crippen molar-refractivity contribution in [3.8, 4) is 0 Å². The first kappa shape index (κ1) is 10.2. The smallest absolute Gasteiger partial charge is 0.226 e. The van der Waals surface area contributed by atoms with Crippen LogP contribution in [0.25, 0.3) is 0 Å². The largest absolute Gasteiger partial charge is 0.345 e. The lowest BCUT2D eigenvalue weighted by molar-refractivity contribution is -0.130. The molecular formula is C13H17NO. The Kier molecular flexibility index (Phi) is 2.76. The van der Waals surface area contributed by atoms with E-state index >= 15 is 0 Å². The van der Waals surface area contributed by atoms with Crippen LogP contribution in [0.4, 0.5) is 0 Å². The van der Waals surface area contributed by atoms with Crippen molar-refractivity contribution in [2.45, 2.75) is 19.3 Å². The fourth-order valence-corrected chi connectivity index (χ4v) is 2.46. The minimum Gasteiger partial charge on any atom is -0.345 e. The van der Waals surface area contributed by atoms with Crippen LogP contribution in [0.1, 0.15) is 24.8 Å². The zero-order valence-corrected chi connectivity index (χ0v) is 9.31. The highest BCUT2D eigenvalue weighted by Crippen LogP contribution is 2.34. The molecule has 1 aliphatic heterocycles. The molecule has 0 aromatic heterocycles. The van der Waals surface area contributed by atoms with Crippen molar-refractivity contribution in [1.29, 1.82) is 0 Å². The van der Waals surface area contributed by atoms with Gasteiger partial charge in [-0.2, -0.15) is 0 Å². The van der Waals surface area contributed by atoms with Crippen LogP contribution in [-0.4, -0.2) is 24.4 Å². The minimum absolute atomic E-state index is 0.178. The van der Waals surface area contributed by atoms with Crippen molar-refractivity contribution >= 4 is 5.91 Å². The Morgan fingerprint density at radius 2 is 2.00 bits per heavy atom. The van der Waals surface area contributed by atoms with Gasteiger partial charge in [-0.25, -0.2) is 0 Å². The molecule has 2 heteroatoms. The summed E-state index contributed by atoms with van der Waals surface area (Å²) in [6.45, 7) is 2.96. The molecule has 0 saturated carbocycles. The number of likely N-dealkylation sites (tertiary alicyclic amines) is 1. The molecule has 0 N–H and O–H groups in total. The van der Waals surface area contributed by atoms with Crippen molar-refractivity contribution < 1.29 is 4.79 Å². The second kappa shape index (κ2) is 4.05. The molecular weight excluding hydrogens is 186 g/mol. The van der Waals surface area contributed by atoms with Crippen LogP contribution in [0.5, 0.6) is 0 Å². The second-order valence-corrected chi connectivity index (χ2v) is 4.25. The number of nitrogens with zero attached hydrogens (tertiary/aromatic N) is 1. The molecule has 1 aromatic rings. The topological polar surface area (TPSA) is 20.3 Å². The Hall–Kier alpha value is -1.31. The lowest BCUT2D eigenvalue weighted by atomic mass is 9.87. The quantitative estimate of drug-likeness (QED) is 0.722. The number of likely N-dealkylation sites (N-methyl/N-ethyl adjacent to an activating group) is 1. The van der Waals surface area contributed by atoms with E-state index in [0.717, 1.165) is 13.0 Å². The van der Waals surface area contributed by atoms with E-state index < -0.39 is 0 Å². The maximum absolute atomic E-state index is 11.8. The number of rotatable bonds is 2. The molecule has 1 saturated heterocycles. The van der Waals surface area contributed by atoms with Crippen LogP contribution in [-0.2, 0) is 4.79 Å². The van der Waals surface area contributed by atoms with Crippen LogP contribution in [0, 0.1) is 5.92 Å². The van der Waals surface area contributed by atoms with Crippen molar-refractivity contribution in [1.82, 2.24) is 4.90 Å². The van der Waals surface area contributed by atoms with Gasteiger partial charge in [0.25, 0.3) is 0 Å². The first-order valence-corrected chi connectivity index (χ1v) is 5.54. The van der Waals surface area contributed by atoms with Crippen LogP contribution in [0.15, 0.2) is 30.3 Å². The molecule has 1 amide bonds. The summed E-state index contributed by atoms with van der Waals surface area (Å²) in [4.78, 5) is 13.7. The van der Waals surface area contributed by atoms with E-state index in [4.69, 9.17) is 0 Å². The number of carbonyl (C=O) groups excluding carboxylic acids is 1. The highest BCUT2D eigenvalue weighted by atomic mass is 16.2. The van der Waals surface area contributed by atoms with Crippen molar-refractivity contribution in [2.75, 3.05) is 13.6 Å². The van der Waals surface area contributed by atoms with E-state index in [0.29, 0.717) is 11.8 Å². The number of hydrogen-bond acceptors (Lipinski definition) is 1. The summed E-state index contributed by atoms with van der Waals surface area (Å²) in [5, 5.41) is 0. The predicted octanol–water partition coefficient (Wildman–Crippen LogP) is 2.27. The molecule has 15 heavy (non-hydrogen) atoms. The van der Waals surface area contributed by atoms with E-state index in [1.54, 1.807) is 0 Å². The lowest BCUT2D eigenvalue weighted by Gasteiger charge is -2.14. The summed E-state index contributed by atoms with van der Waals surface area (Å²) in [6.07, 6.45) is 0.933. The molecule has 2 unspecified atom stereocenters. The summed E-state index contributed by atoms with van der Waals surface area (Å²) in [5.41, 5.74) is 1.29. The summed E-state index contributed by atoms with van der Waals surface area (Å²) < 4.78 is 0. The molecule has 1 heterocycles. The van der Waals surface area contributed by atoms with E-state index in [1.165, 1.54) is 5.56 Å². The first-order chi connectivity index (χ1) is 7.24. The maximum atomic E-state index is 11.8. The number of carbonyl (C=O) groups is 1. The van der Waals surface area contributed by atoms with E-state index in [2.05, 4.69) is 19.1 Å². The van der Waals surface area contributed by atoms with Crippen molar-refractivity contribution in [2.24, 2.45) is 5.92 Å². The number of benzene rings is 1. The van der Waals surface area contributed by atoms with Gasteiger partial charge in [-0.1, -0.05) is 37.3 Å². The zero-order chi connectivity index (χ0) is 10.8. The van der Waals surface area contributed by atoms with Crippen molar-refractivity contribution in [3.05, 3.63) is 35.9 Å². The number of hydrogen-bond donors (Lipinski definition) is 0. The van der Waals surface area contributed by atoms with Crippen LogP contribution in [0.3, 0.4) is 0 Å². The molecule has 1 aliphatic rings. The third-order valence-electron chi connectivity index (χ3n) is 3.32. The third-order valence-corrected chi connectivity index (χ3v) is 3.32. The average molecular weight is 203 g/mol. The predicted molar refractivity (Wildman–Crippen MR) is 60.6 cm³/mol. The molecule has 0 spiro atoms. The molecule has 0 aliphatic carbocycles. The van der Waals surface area contributed by atoms with Gasteiger partial charge in [-0.05, 0) is 12.0 Å². The molecule has 0 radical (unpaired) electrons. The Balaban J connectivity index is 2.27. The molecule has 2 atom stereocenters. The van der Waals surface area contributed by atoms with E-state index in [-0.39, 0.29) is 5.92 Å². The molecule has 1 aromatic carbocycles. The third kappa shape index (κ3) is 1.76. The summed E-state index contributed by atoms with van der Waals surface area (Å²) in [7, 11) is 1.90. The van der Waals surface area contributed by atoms with Gasteiger partial charge in [-0.15, -0.1) is 0 Å². The molecule has 2 rings (SSSR count). The van der Waals surface area contributed by atoms with E-state index in [1.807, 2.05) is 30.1 Å². The first-order valence-electron chi connectivity index (χ1n) is 5.54. The van der Waals surface area contributed by atoms with Gasteiger partial charge >= 0.3 is 0 Å². The molecule has 80 valence electrons. The van der Waals surface area contributed by atoms with E-state index in [9.17, 15) is 4.79 Å². The fraction of sp³-hybridized carbons (Fsp3) is 0.462. The van der Waals surface area contributed by atoms with Gasteiger partial charge in [-0.3, -0.25) is 4.79 Å². The standard InChI is InChI=1S/C13H17NO/c1-3-11-12(9-14(2)13(11)15)10-7-5-4-6-8-10/h4-8,11-12H,3,9H2,1-2H3. The monoisotopic (exact) mass is 203 g/mol. The van der Waals surface area contributed by atoms with Crippen molar-refractivity contribution in [3.63, 3.8) is 0 Å². The zero-order valence-electron chi connectivity index (χ0n) is 9.31. The average Bonchev–Trinajstić information content (AvgIpc) is 2.56. The van der Waals surface area contributed by atoms with Gasteiger partial charge in [0.15, 0.2) is 0 Å². The highest BCUT2D eigenvalue weighted by Gasteiger charge is 2.37. The maximum Gasteiger partial charge on any atom is 0.226 e. The van der Waals surface area contributed by atoms with Gasteiger partial charge < -0.3 is 4.90 Å². The molecule has 0 bridgehead atoms.